The zero-order valence-corrected chi connectivity index (χ0v) is 14.9. The molecule has 1 unspecified atom stereocenters. The van der Waals surface area contributed by atoms with Crippen molar-refractivity contribution in [2.24, 2.45) is 0 Å². The normalized spacial score (nSPS) is 15.3. The Morgan fingerprint density at radius 2 is 1.82 bits per heavy atom. The number of rotatable bonds is 4. The van der Waals surface area contributed by atoms with E-state index in [9.17, 15) is 4.79 Å². The van der Waals surface area contributed by atoms with Crippen molar-refractivity contribution < 1.29 is 13.8 Å². The van der Waals surface area contributed by atoms with Crippen LogP contribution in [0.1, 0.15) is 10.6 Å². The monoisotopic (exact) mass is 369 g/mol. The number of nitrogens with zero attached hydrogens (tertiary/aromatic N) is 3. The molecule has 0 amide bonds. The number of pyridine rings is 1. The van der Waals surface area contributed by atoms with Crippen molar-refractivity contribution in [3.63, 3.8) is 0 Å². The Kier molecular flexibility index (Phi) is 3.94. The van der Waals surface area contributed by atoms with E-state index in [2.05, 4.69) is 10.3 Å². The first-order valence-electron chi connectivity index (χ1n) is 9.05. The number of fused-ring (bicyclic) bond motifs is 1. The van der Waals surface area contributed by atoms with Crippen molar-refractivity contribution in [1.82, 2.24) is 9.97 Å². The molecule has 0 bridgehead atoms. The maximum absolute atomic E-state index is 13.1. The predicted molar refractivity (Wildman–Crippen MR) is 104 cm³/mol. The number of aromatic nitrogens is 3. The molecular weight excluding hydrogens is 352 g/mol. The molecule has 1 atom stereocenters. The van der Waals surface area contributed by atoms with E-state index in [0.29, 0.717) is 12.2 Å². The molecule has 0 saturated heterocycles. The summed E-state index contributed by atoms with van der Waals surface area (Å²) in [6, 6.07) is 16.9. The van der Waals surface area contributed by atoms with Crippen LogP contribution in [0.3, 0.4) is 0 Å². The minimum absolute atomic E-state index is 0.0266. The second-order valence-electron chi connectivity index (χ2n) is 6.61. The SMILES string of the molecule is O=C1C(Cc2ccco2)Nc2c(-c3ccncc3)nc(-c3ccccc3)c[n+]21. The predicted octanol–water partition coefficient (Wildman–Crippen LogP) is 3.37. The zero-order chi connectivity index (χ0) is 18.9. The Hall–Kier alpha value is -3.80. The topological polar surface area (TPSA) is 71.9 Å². The Morgan fingerprint density at radius 3 is 2.57 bits per heavy atom. The summed E-state index contributed by atoms with van der Waals surface area (Å²) in [5.41, 5.74) is 3.31. The van der Waals surface area contributed by atoms with E-state index in [1.54, 1.807) is 29.4 Å². The second-order valence-corrected chi connectivity index (χ2v) is 6.61. The minimum Gasteiger partial charge on any atom is -0.469 e. The van der Waals surface area contributed by atoms with Crippen LogP contribution in [-0.2, 0) is 6.42 Å². The van der Waals surface area contributed by atoms with Gasteiger partial charge in [0.2, 0.25) is 6.04 Å². The van der Waals surface area contributed by atoms with E-state index in [1.165, 1.54) is 0 Å². The number of carbonyl (C=O) groups is 1. The van der Waals surface area contributed by atoms with Gasteiger partial charge in [-0.25, -0.2) is 9.78 Å². The molecule has 1 aliphatic rings. The van der Waals surface area contributed by atoms with E-state index in [1.807, 2.05) is 54.6 Å². The highest BCUT2D eigenvalue weighted by Gasteiger charge is 2.41. The summed E-state index contributed by atoms with van der Waals surface area (Å²) in [5, 5.41) is 3.34. The second kappa shape index (κ2) is 6.74. The van der Waals surface area contributed by atoms with Crippen molar-refractivity contribution in [2.45, 2.75) is 12.5 Å². The molecule has 0 radical (unpaired) electrons. The van der Waals surface area contributed by atoms with Crippen LogP contribution in [-0.4, -0.2) is 21.9 Å². The van der Waals surface area contributed by atoms with Gasteiger partial charge in [0.15, 0.2) is 5.69 Å². The Bertz CT molecular complexity index is 1130. The zero-order valence-electron chi connectivity index (χ0n) is 14.9. The van der Waals surface area contributed by atoms with Gasteiger partial charge >= 0.3 is 11.7 Å². The van der Waals surface area contributed by atoms with E-state index < -0.39 is 6.04 Å². The molecular formula is C22H17N4O2+. The van der Waals surface area contributed by atoms with Crippen LogP contribution in [0, 0.1) is 0 Å². The Labute approximate surface area is 161 Å². The van der Waals surface area contributed by atoms with Crippen molar-refractivity contribution in [1.29, 1.82) is 0 Å². The molecule has 3 aromatic heterocycles. The minimum atomic E-state index is -0.403. The Morgan fingerprint density at radius 1 is 1.00 bits per heavy atom. The van der Waals surface area contributed by atoms with Gasteiger partial charge in [0.1, 0.15) is 17.7 Å². The van der Waals surface area contributed by atoms with Crippen molar-refractivity contribution in [3.8, 4) is 22.5 Å². The lowest BCUT2D eigenvalue weighted by Gasteiger charge is -2.06. The molecule has 136 valence electrons. The molecule has 0 aliphatic carbocycles. The average molecular weight is 369 g/mol. The third kappa shape index (κ3) is 2.85. The highest BCUT2D eigenvalue weighted by molar-refractivity contribution is 5.86. The lowest BCUT2D eigenvalue weighted by Crippen LogP contribution is -2.43. The molecule has 0 fully saturated rings. The molecule has 0 spiro atoms. The first-order chi connectivity index (χ1) is 13.8. The van der Waals surface area contributed by atoms with E-state index in [-0.39, 0.29) is 5.91 Å². The lowest BCUT2D eigenvalue weighted by molar-refractivity contribution is -0.551. The standard InChI is InChI=1S/C22H16N4O2/c27-22-18(13-17-7-4-12-28-17)25-21-20(16-8-10-23-11-9-16)24-19(14-26(21)22)15-5-2-1-3-6-15/h1-12,14,18H,13H2/p+1. The van der Waals surface area contributed by atoms with Gasteiger partial charge in [0, 0.05) is 23.5 Å². The first-order valence-corrected chi connectivity index (χ1v) is 9.05. The molecule has 6 nitrogen and oxygen atoms in total. The van der Waals surface area contributed by atoms with Gasteiger partial charge in [-0.1, -0.05) is 30.3 Å². The molecule has 1 aliphatic heterocycles. The third-order valence-corrected chi connectivity index (χ3v) is 4.80. The summed E-state index contributed by atoms with van der Waals surface area (Å²) >= 11 is 0. The number of nitrogens with one attached hydrogen (secondary N) is 1. The molecule has 6 heteroatoms. The summed E-state index contributed by atoms with van der Waals surface area (Å²) in [4.78, 5) is 22.1. The van der Waals surface area contributed by atoms with Crippen molar-refractivity contribution in [2.75, 3.05) is 5.32 Å². The van der Waals surface area contributed by atoms with Crippen molar-refractivity contribution >= 4 is 11.7 Å². The van der Waals surface area contributed by atoms with Gasteiger partial charge in [0.05, 0.1) is 12.7 Å². The van der Waals surface area contributed by atoms with E-state index in [0.717, 1.165) is 28.3 Å². The number of carbonyl (C=O) groups excluding carboxylic acids is 1. The molecule has 4 heterocycles. The molecule has 5 rings (SSSR count). The fourth-order valence-electron chi connectivity index (χ4n) is 3.44. The van der Waals surface area contributed by atoms with E-state index >= 15 is 0 Å². The average Bonchev–Trinajstić information content (AvgIpc) is 3.37. The summed E-state index contributed by atoms with van der Waals surface area (Å²) in [5.74, 6) is 1.43. The summed E-state index contributed by atoms with van der Waals surface area (Å²) < 4.78 is 7.09. The van der Waals surface area contributed by atoms with E-state index in [4.69, 9.17) is 9.40 Å². The largest absolute Gasteiger partial charge is 0.469 e. The lowest BCUT2D eigenvalue weighted by atomic mass is 10.1. The van der Waals surface area contributed by atoms with Gasteiger partial charge in [-0.05, 0) is 24.3 Å². The fraction of sp³-hybridized carbons (Fsp3) is 0.0909. The number of furan rings is 1. The maximum atomic E-state index is 13.1. The third-order valence-electron chi connectivity index (χ3n) is 4.80. The smallest absolute Gasteiger partial charge is 0.359 e. The number of hydrogen-bond donors (Lipinski definition) is 1. The Balaban J connectivity index is 1.63. The van der Waals surface area contributed by atoms with Crippen LogP contribution in [0.2, 0.25) is 0 Å². The summed E-state index contributed by atoms with van der Waals surface area (Å²) in [7, 11) is 0. The molecule has 4 aromatic rings. The number of anilines is 1. The van der Waals surface area contributed by atoms with Crippen LogP contribution in [0.4, 0.5) is 5.82 Å². The van der Waals surface area contributed by atoms with Gasteiger partial charge in [0.25, 0.3) is 0 Å². The molecule has 1 N–H and O–H groups in total. The van der Waals surface area contributed by atoms with Crippen LogP contribution in [0.15, 0.2) is 83.9 Å². The number of hydrogen-bond acceptors (Lipinski definition) is 5. The van der Waals surface area contributed by atoms with Crippen molar-refractivity contribution in [3.05, 3.63) is 85.2 Å². The van der Waals surface area contributed by atoms with Gasteiger partial charge in [-0.3, -0.25) is 10.3 Å². The summed E-state index contributed by atoms with van der Waals surface area (Å²) in [6.45, 7) is 0. The van der Waals surface area contributed by atoms with Gasteiger partial charge in [-0.2, -0.15) is 4.57 Å². The first kappa shape index (κ1) is 16.4. The van der Waals surface area contributed by atoms with Crippen LogP contribution < -0.4 is 9.88 Å². The molecule has 1 aromatic carbocycles. The van der Waals surface area contributed by atoms with Gasteiger partial charge in [-0.15, -0.1) is 0 Å². The van der Waals surface area contributed by atoms with Crippen LogP contribution >= 0.6 is 0 Å². The fourth-order valence-corrected chi connectivity index (χ4v) is 3.44. The van der Waals surface area contributed by atoms with Crippen LogP contribution in [0.25, 0.3) is 22.5 Å². The maximum Gasteiger partial charge on any atom is 0.359 e. The van der Waals surface area contributed by atoms with Gasteiger partial charge < -0.3 is 4.42 Å². The highest BCUT2D eigenvalue weighted by Crippen LogP contribution is 2.29. The molecule has 28 heavy (non-hydrogen) atoms. The number of benzene rings is 1. The summed E-state index contributed by atoms with van der Waals surface area (Å²) in [6.07, 6.45) is 7.34. The molecule has 0 saturated carbocycles. The quantitative estimate of drug-likeness (QED) is 0.559. The van der Waals surface area contributed by atoms with Crippen LogP contribution in [0.5, 0.6) is 0 Å². The highest BCUT2D eigenvalue weighted by atomic mass is 16.3.